The second-order valence-electron chi connectivity index (χ2n) is 2.91. The van der Waals surface area contributed by atoms with E-state index in [0.29, 0.717) is 5.92 Å². The van der Waals surface area contributed by atoms with E-state index in [1.165, 1.54) is 23.4 Å². The van der Waals surface area contributed by atoms with E-state index < -0.39 is 0 Å². The van der Waals surface area contributed by atoms with Crippen LogP contribution in [-0.2, 0) is 0 Å². The van der Waals surface area contributed by atoms with Gasteiger partial charge in [-0.25, -0.2) is 0 Å². The number of H-pyrrole nitrogens is 1. The number of aromatic nitrogens is 1. The van der Waals surface area contributed by atoms with Crippen molar-refractivity contribution in [1.82, 2.24) is 4.98 Å². The summed E-state index contributed by atoms with van der Waals surface area (Å²) in [5.41, 5.74) is 4.12. The van der Waals surface area contributed by atoms with Crippen molar-refractivity contribution in [3.05, 3.63) is 23.5 Å². The first-order valence-corrected chi connectivity index (χ1v) is 3.69. The van der Waals surface area contributed by atoms with Crippen molar-refractivity contribution in [2.75, 3.05) is 6.54 Å². The molecule has 0 spiro atoms. The minimum atomic E-state index is 0.671. The minimum Gasteiger partial charge on any atom is -0.364 e. The molecular formula is C8H8N2. The third kappa shape index (κ3) is 0.339. The van der Waals surface area contributed by atoms with Crippen LogP contribution in [0.15, 0.2) is 17.3 Å². The molecule has 50 valence electrons. The predicted molar refractivity (Wildman–Crippen MR) is 39.6 cm³/mol. The van der Waals surface area contributed by atoms with Gasteiger partial charge in [-0.3, -0.25) is 4.99 Å². The van der Waals surface area contributed by atoms with Crippen molar-refractivity contribution in [1.29, 1.82) is 0 Å². The molecule has 1 atom stereocenters. The van der Waals surface area contributed by atoms with E-state index in [4.69, 9.17) is 0 Å². The predicted octanol–water partition coefficient (Wildman–Crippen LogP) is 1.30. The summed E-state index contributed by atoms with van der Waals surface area (Å²) in [6, 6.07) is 2.12. The van der Waals surface area contributed by atoms with E-state index in [0.717, 1.165) is 6.54 Å². The van der Waals surface area contributed by atoms with E-state index in [-0.39, 0.29) is 0 Å². The number of rotatable bonds is 0. The molecule has 2 heterocycles. The third-order valence-electron chi connectivity index (χ3n) is 2.43. The summed E-state index contributed by atoms with van der Waals surface area (Å²) in [7, 11) is 0. The molecule has 10 heavy (non-hydrogen) atoms. The van der Waals surface area contributed by atoms with Gasteiger partial charge in [0.05, 0.1) is 5.71 Å². The summed E-state index contributed by atoms with van der Waals surface area (Å²) in [6.45, 7) is 1.03. The lowest BCUT2D eigenvalue weighted by atomic mass is 9.81. The van der Waals surface area contributed by atoms with Crippen molar-refractivity contribution in [2.45, 2.75) is 12.3 Å². The maximum absolute atomic E-state index is 4.41. The Balaban J connectivity index is 2.27. The van der Waals surface area contributed by atoms with Gasteiger partial charge in [-0.2, -0.15) is 0 Å². The molecule has 1 aliphatic carbocycles. The first kappa shape index (κ1) is 4.72. The number of nitrogens with one attached hydrogen (secondary N) is 1. The van der Waals surface area contributed by atoms with Crippen molar-refractivity contribution in [3.8, 4) is 0 Å². The minimum absolute atomic E-state index is 0.671. The summed E-state index contributed by atoms with van der Waals surface area (Å²) in [5.74, 6) is 0.671. The molecule has 0 fully saturated rings. The van der Waals surface area contributed by atoms with Gasteiger partial charge in [-0.05, 0) is 12.5 Å². The zero-order valence-electron chi connectivity index (χ0n) is 5.59. The summed E-state index contributed by atoms with van der Waals surface area (Å²) in [5, 5.41) is 0. The average Bonchev–Trinajstić information content (AvgIpc) is 2.42. The monoisotopic (exact) mass is 132 g/mol. The van der Waals surface area contributed by atoms with Gasteiger partial charge in [0, 0.05) is 29.9 Å². The normalized spacial score (nSPS) is 26.8. The highest BCUT2D eigenvalue weighted by molar-refractivity contribution is 6.14. The molecule has 2 aliphatic rings. The molecule has 1 unspecified atom stereocenters. The van der Waals surface area contributed by atoms with Crippen LogP contribution in [0.3, 0.4) is 0 Å². The Hall–Kier alpha value is -1.05. The Kier molecular flexibility index (Phi) is 0.631. The fourth-order valence-electron chi connectivity index (χ4n) is 1.93. The molecule has 0 amide bonds. The first-order chi connectivity index (χ1) is 4.97. The summed E-state index contributed by atoms with van der Waals surface area (Å²) in [6.07, 6.45) is 3.23. The number of aromatic amines is 1. The smallest absolute Gasteiger partial charge is 0.0529 e. The van der Waals surface area contributed by atoms with E-state index in [2.05, 4.69) is 16.0 Å². The van der Waals surface area contributed by atoms with Gasteiger partial charge in [0.25, 0.3) is 0 Å². The summed E-state index contributed by atoms with van der Waals surface area (Å²) < 4.78 is 0. The Morgan fingerprint density at radius 3 is 3.60 bits per heavy atom. The maximum Gasteiger partial charge on any atom is 0.0529 e. The molecule has 0 saturated heterocycles. The van der Waals surface area contributed by atoms with Crippen molar-refractivity contribution in [2.24, 2.45) is 4.99 Å². The highest BCUT2D eigenvalue weighted by atomic mass is 14.9. The Bertz CT molecular complexity index is 309. The molecular weight excluding hydrogens is 124 g/mol. The zero-order chi connectivity index (χ0) is 6.55. The Labute approximate surface area is 59.0 Å². The van der Waals surface area contributed by atoms with Crippen LogP contribution in [0, 0.1) is 0 Å². The number of nitrogens with zero attached hydrogens (tertiary/aromatic N) is 1. The van der Waals surface area contributed by atoms with Gasteiger partial charge in [0.1, 0.15) is 0 Å². The molecule has 2 heteroatoms. The molecule has 0 saturated carbocycles. The second-order valence-corrected chi connectivity index (χ2v) is 2.91. The molecule has 1 aromatic heterocycles. The Morgan fingerprint density at radius 1 is 1.60 bits per heavy atom. The molecule has 0 bridgehead atoms. The molecule has 0 radical (unpaired) electrons. The number of hydrogen-bond donors (Lipinski definition) is 1. The fraction of sp³-hybridized carbons (Fsp3) is 0.375. The van der Waals surface area contributed by atoms with Crippen LogP contribution in [-0.4, -0.2) is 17.2 Å². The fourth-order valence-corrected chi connectivity index (χ4v) is 1.93. The highest BCUT2D eigenvalue weighted by Crippen LogP contribution is 2.40. The lowest BCUT2D eigenvalue weighted by molar-refractivity contribution is 0.797. The van der Waals surface area contributed by atoms with Crippen LogP contribution < -0.4 is 0 Å². The molecule has 3 rings (SSSR count). The van der Waals surface area contributed by atoms with Crippen LogP contribution in [0.1, 0.15) is 23.6 Å². The molecule has 1 aromatic rings. The third-order valence-corrected chi connectivity index (χ3v) is 2.43. The van der Waals surface area contributed by atoms with Gasteiger partial charge in [0.2, 0.25) is 0 Å². The van der Waals surface area contributed by atoms with Crippen molar-refractivity contribution >= 4 is 5.71 Å². The summed E-state index contributed by atoms with van der Waals surface area (Å²) >= 11 is 0. The second kappa shape index (κ2) is 1.34. The molecule has 1 N–H and O–H groups in total. The van der Waals surface area contributed by atoms with Crippen LogP contribution in [0.4, 0.5) is 0 Å². The highest BCUT2D eigenvalue weighted by Gasteiger charge is 2.37. The van der Waals surface area contributed by atoms with E-state index >= 15 is 0 Å². The standard InChI is InChI=1S/C8H8N2/c1-3-9-7-5(1)8-6(7)2-4-10-8/h1,3,6,9H,2,4H2. The van der Waals surface area contributed by atoms with Gasteiger partial charge in [-0.1, -0.05) is 0 Å². The van der Waals surface area contributed by atoms with Crippen LogP contribution in [0.25, 0.3) is 0 Å². The van der Waals surface area contributed by atoms with E-state index in [9.17, 15) is 0 Å². The lowest BCUT2D eigenvalue weighted by Crippen LogP contribution is -2.22. The quantitative estimate of drug-likeness (QED) is 0.551. The number of fused-ring (bicyclic) bond motifs is 4. The topological polar surface area (TPSA) is 28.1 Å². The van der Waals surface area contributed by atoms with Crippen LogP contribution in [0.2, 0.25) is 0 Å². The Morgan fingerprint density at radius 2 is 2.60 bits per heavy atom. The van der Waals surface area contributed by atoms with Crippen molar-refractivity contribution < 1.29 is 0 Å². The SMILES string of the molecule is c1cc2c([nH]1)C1CCN=C21. The van der Waals surface area contributed by atoms with E-state index in [1.54, 1.807) is 0 Å². The average molecular weight is 132 g/mol. The summed E-state index contributed by atoms with van der Waals surface area (Å²) in [4.78, 5) is 7.66. The lowest BCUT2D eigenvalue weighted by Gasteiger charge is -2.22. The van der Waals surface area contributed by atoms with Gasteiger partial charge in [0.15, 0.2) is 0 Å². The number of hydrogen-bond acceptors (Lipinski definition) is 1. The molecule has 0 aromatic carbocycles. The van der Waals surface area contributed by atoms with Crippen molar-refractivity contribution in [3.63, 3.8) is 0 Å². The van der Waals surface area contributed by atoms with Gasteiger partial charge >= 0.3 is 0 Å². The van der Waals surface area contributed by atoms with Crippen LogP contribution >= 0.6 is 0 Å². The maximum atomic E-state index is 4.41. The largest absolute Gasteiger partial charge is 0.364 e. The van der Waals surface area contributed by atoms with Gasteiger partial charge < -0.3 is 4.98 Å². The molecule has 1 aliphatic heterocycles. The number of aliphatic imine (C=N–C) groups is 1. The zero-order valence-corrected chi connectivity index (χ0v) is 5.59. The molecule has 2 nitrogen and oxygen atoms in total. The van der Waals surface area contributed by atoms with Gasteiger partial charge in [-0.15, -0.1) is 0 Å². The first-order valence-electron chi connectivity index (χ1n) is 3.69. The van der Waals surface area contributed by atoms with E-state index in [1.807, 2.05) is 6.20 Å². The van der Waals surface area contributed by atoms with Crippen LogP contribution in [0.5, 0.6) is 0 Å².